The number of hydrogen-bond donors (Lipinski definition) is 3. The third-order valence-electron chi connectivity index (χ3n) is 13.7. The van der Waals surface area contributed by atoms with Crippen LogP contribution in [0.1, 0.15) is 310 Å². The Morgan fingerprint density at radius 1 is 0.426 bits per heavy atom. The zero-order chi connectivity index (χ0) is 49.5. The van der Waals surface area contributed by atoms with Gasteiger partial charge in [-0.05, 0) is 70.6 Å². The predicted octanol–water partition coefficient (Wildman–Crippen LogP) is 18.6. The van der Waals surface area contributed by atoms with Gasteiger partial charge in [-0.1, -0.05) is 275 Å². The highest BCUT2D eigenvalue weighted by Gasteiger charge is 2.24. The molecule has 3 atom stereocenters. The van der Waals surface area contributed by atoms with E-state index in [1.54, 1.807) is 0 Å². The molecule has 0 aromatic carbocycles. The number of aliphatic hydroxyl groups excluding tert-OH is 2. The Morgan fingerprint density at radius 2 is 0.750 bits per heavy atom. The quantitative estimate of drug-likeness (QED) is 0.0321. The Kier molecular flexibility index (Phi) is 54.0. The van der Waals surface area contributed by atoms with Crippen LogP contribution in [-0.4, -0.2) is 46.9 Å². The number of allylic oxidation sites excluding steroid dienone is 8. The Hall–Kier alpha value is -2.18. The molecule has 0 spiro atoms. The van der Waals surface area contributed by atoms with Gasteiger partial charge in [-0.3, -0.25) is 9.59 Å². The Balaban J connectivity index is 4.59. The van der Waals surface area contributed by atoms with Crippen molar-refractivity contribution < 1.29 is 24.5 Å². The summed E-state index contributed by atoms with van der Waals surface area (Å²) in [4.78, 5) is 26.3. The van der Waals surface area contributed by atoms with Gasteiger partial charge in [0.15, 0.2) is 0 Å². The first-order chi connectivity index (χ1) is 33.5. The normalized spacial score (nSPS) is 13.4. The first kappa shape index (κ1) is 65.8. The van der Waals surface area contributed by atoms with Crippen LogP contribution in [0.3, 0.4) is 0 Å². The van der Waals surface area contributed by atoms with Gasteiger partial charge in [0.2, 0.25) is 5.91 Å². The molecule has 0 aromatic heterocycles. The van der Waals surface area contributed by atoms with Crippen LogP contribution in [0.25, 0.3) is 0 Å². The monoisotopic (exact) mass is 954 g/mol. The second-order valence-corrected chi connectivity index (χ2v) is 20.4. The van der Waals surface area contributed by atoms with Gasteiger partial charge < -0.3 is 20.3 Å². The van der Waals surface area contributed by atoms with Crippen LogP contribution < -0.4 is 5.32 Å². The van der Waals surface area contributed by atoms with Gasteiger partial charge in [-0.15, -0.1) is 0 Å². The van der Waals surface area contributed by atoms with E-state index < -0.39 is 18.2 Å². The zero-order valence-electron chi connectivity index (χ0n) is 45.5. The van der Waals surface area contributed by atoms with Gasteiger partial charge in [0, 0.05) is 6.42 Å². The van der Waals surface area contributed by atoms with Crippen molar-refractivity contribution in [1.82, 2.24) is 5.32 Å². The summed E-state index contributed by atoms with van der Waals surface area (Å²) in [5.41, 5.74) is 0. The van der Waals surface area contributed by atoms with Crippen molar-refractivity contribution in [3.63, 3.8) is 0 Å². The minimum absolute atomic E-state index is 0.0681. The van der Waals surface area contributed by atoms with Gasteiger partial charge >= 0.3 is 5.97 Å². The van der Waals surface area contributed by atoms with Crippen LogP contribution in [0.2, 0.25) is 0 Å². The summed E-state index contributed by atoms with van der Waals surface area (Å²) >= 11 is 0. The Bertz CT molecular complexity index is 1160. The van der Waals surface area contributed by atoms with Crippen molar-refractivity contribution in [2.75, 3.05) is 6.61 Å². The lowest BCUT2D eigenvalue weighted by molar-refractivity contribution is -0.151. The second kappa shape index (κ2) is 55.7. The molecule has 0 aliphatic heterocycles. The molecular formula is C62H115NO5. The molecule has 0 saturated heterocycles. The molecular weight excluding hydrogens is 839 g/mol. The molecule has 0 rings (SSSR count). The molecule has 3 N–H and O–H groups in total. The minimum atomic E-state index is -0.793. The van der Waals surface area contributed by atoms with E-state index in [9.17, 15) is 19.8 Å². The van der Waals surface area contributed by atoms with Crippen molar-refractivity contribution in [1.29, 1.82) is 0 Å². The fourth-order valence-corrected chi connectivity index (χ4v) is 9.12. The number of carbonyl (C=O) groups is 2. The number of amides is 1. The molecule has 0 aliphatic carbocycles. The molecule has 0 bridgehead atoms. The standard InChI is InChI=1S/C62H115NO5/c1-4-7-10-13-16-19-22-25-28-30-31-32-34-37-40-43-46-49-52-55-62(67)68-58(53-50-47-44-41-38-35-33-29-26-23-20-17-14-11-8-5-2)56-61(66)63-59(57-64)60(65)54-51-48-45-42-39-36-27-24-21-18-15-12-9-6-3/h16,19,25,28,31-32,37,40,58-60,64-65H,4-15,17-18,20-24,26-27,29-30,33-36,38-39,41-57H2,1-3H3,(H,63,66)/b19-16-,28-25-,32-31-,40-37-. The topological polar surface area (TPSA) is 95.9 Å². The highest BCUT2D eigenvalue weighted by molar-refractivity contribution is 5.77. The van der Waals surface area contributed by atoms with E-state index in [-0.39, 0.29) is 24.9 Å². The van der Waals surface area contributed by atoms with E-state index in [0.717, 1.165) is 77.0 Å². The number of unbranched alkanes of at least 4 members (excludes halogenated alkanes) is 34. The van der Waals surface area contributed by atoms with Crippen molar-refractivity contribution in [2.45, 2.75) is 328 Å². The maximum atomic E-state index is 13.3. The van der Waals surface area contributed by atoms with Crippen molar-refractivity contribution in [3.8, 4) is 0 Å². The molecule has 6 nitrogen and oxygen atoms in total. The molecule has 0 fully saturated rings. The molecule has 0 heterocycles. The maximum Gasteiger partial charge on any atom is 0.306 e. The van der Waals surface area contributed by atoms with Gasteiger partial charge in [0.05, 0.1) is 25.2 Å². The van der Waals surface area contributed by atoms with E-state index in [1.165, 1.54) is 186 Å². The van der Waals surface area contributed by atoms with E-state index in [2.05, 4.69) is 74.7 Å². The minimum Gasteiger partial charge on any atom is -0.462 e. The van der Waals surface area contributed by atoms with E-state index in [1.807, 2.05) is 0 Å². The van der Waals surface area contributed by atoms with Crippen LogP contribution in [0.4, 0.5) is 0 Å². The van der Waals surface area contributed by atoms with Crippen molar-refractivity contribution in [3.05, 3.63) is 48.6 Å². The highest BCUT2D eigenvalue weighted by Crippen LogP contribution is 2.19. The predicted molar refractivity (Wildman–Crippen MR) is 296 cm³/mol. The van der Waals surface area contributed by atoms with Crippen molar-refractivity contribution in [2.24, 2.45) is 0 Å². The van der Waals surface area contributed by atoms with E-state index in [0.29, 0.717) is 19.3 Å². The number of hydrogen-bond acceptors (Lipinski definition) is 5. The lowest BCUT2D eigenvalue weighted by Gasteiger charge is -2.24. The van der Waals surface area contributed by atoms with Crippen LogP contribution in [0, 0.1) is 0 Å². The van der Waals surface area contributed by atoms with E-state index in [4.69, 9.17) is 4.74 Å². The molecule has 0 aromatic rings. The number of aliphatic hydroxyl groups is 2. The molecule has 0 radical (unpaired) electrons. The Labute approximate surface area is 423 Å². The van der Waals surface area contributed by atoms with Crippen LogP contribution >= 0.6 is 0 Å². The number of rotatable bonds is 54. The lowest BCUT2D eigenvalue weighted by Crippen LogP contribution is -2.46. The fraction of sp³-hybridized carbons (Fsp3) is 0.839. The van der Waals surface area contributed by atoms with Gasteiger partial charge in [-0.25, -0.2) is 0 Å². The average Bonchev–Trinajstić information content (AvgIpc) is 3.33. The maximum absolute atomic E-state index is 13.3. The van der Waals surface area contributed by atoms with Gasteiger partial charge in [0.1, 0.15) is 6.10 Å². The molecule has 0 aliphatic rings. The summed E-state index contributed by atoms with van der Waals surface area (Å²) in [5, 5.41) is 23.9. The van der Waals surface area contributed by atoms with Crippen molar-refractivity contribution >= 4 is 11.9 Å². The lowest BCUT2D eigenvalue weighted by atomic mass is 10.0. The second-order valence-electron chi connectivity index (χ2n) is 20.4. The van der Waals surface area contributed by atoms with Crippen LogP contribution in [0.5, 0.6) is 0 Å². The molecule has 398 valence electrons. The zero-order valence-corrected chi connectivity index (χ0v) is 45.5. The van der Waals surface area contributed by atoms with Gasteiger partial charge in [0.25, 0.3) is 0 Å². The molecule has 68 heavy (non-hydrogen) atoms. The summed E-state index contributed by atoms with van der Waals surface area (Å²) in [6, 6.07) is -0.707. The third-order valence-corrected chi connectivity index (χ3v) is 13.7. The van der Waals surface area contributed by atoms with Crippen LogP contribution in [-0.2, 0) is 14.3 Å². The Morgan fingerprint density at radius 3 is 1.15 bits per heavy atom. The number of carbonyl (C=O) groups excluding carboxylic acids is 2. The average molecular weight is 955 g/mol. The summed E-state index contributed by atoms with van der Waals surface area (Å²) in [5.74, 6) is -0.495. The SMILES string of the molecule is CCCCC/C=C\C/C=C\C/C=C\C/C=C\CCCCCC(=O)OC(CCCCCCCCCCCCCCCCCC)CC(=O)NC(CO)C(O)CCCCCCCCCCCCCCCC. The molecule has 0 saturated carbocycles. The summed E-state index contributed by atoms with van der Waals surface area (Å²) in [7, 11) is 0. The third kappa shape index (κ3) is 50.2. The highest BCUT2D eigenvalue weighted by atomic mass is 16.5. The van der Waals surface area contributed by atoms with Crippen LogP contribution in [0.15, 0.2) is 48.6 Å². The first-order valence-electron chi connectivity index (χ1n) is 29.9. The number of ether oxygens (including phenoxy) is 1. The summed E-state index contributed by atoms with van der Waals surface area (Å²) in [6.45, 7) is 6.49. The summed E-state index contributed by atoms with van der Waals surface area (Å²) < 4.78 is 5.96. The molecule has 6 heteroatoms. The largest absolute Gasteiger partial charge is 0.462 e. The first-order valence-corrected chi connectivity index (χ1v) is 29.9. The molecule has 3 unspecified atom stereocenters. The smallest absolute Gasteiger partial charge is 0.306 e. The fourth-order valence-electron chi connectivity index (χ4n) is 9.12. The molecule has 1 amide bonds. The van der Waals surface area contributed by atoms with E-state index >= 15 is 0 Å². The number of esters is 1. The summed E-state index contributed by atoms with van der Waals surface area (Å²) in [6.07, 6.45) is 68.9. The number of nitrogens with one attached hydrogen (secondary N) is 1. The van der Waals surface area contributed by atoms with Gasteiger partial charge in [-0.2, -0.15) is 0 Å².